The van der Waals surface area contributed by atoms with Gasteiger partial charge in [0.2, 0.25) is 5.91 Å². The van der Waals surface area contributed by atoms with Crippen LogP contribution in [0.5, 0.6) is 0 Å². The van der Waals surface area contributed by atoms with Gasteiger partial charge in [-0.25, -0.2) is 4.68 Å². The minimum atomic E-state index is 0.101. The van der Waals surface area contributed by atoms with Gasteiger partial charge in [-0.05, 0) is 30.5 Å². The van der Waals surface area contributed by atoms with Gasteiger partial charge in [-0.2, -0.15) is 5.10 Å². The highest BCUT2D eigenvalue weighted by Gasteiger charge is 2.17. The molecule has 2 aromatic rings. The molecule has 1 heterocycles. The molecule has 0 atom stereocenters. The quantitative estimate of drug-likeness (QED) is 0.927. The number of carbonyl (C=O) groups excluding carboxylic acids is 1. The summed E-state index contributed by atoms with van der Waals surface area (Å²) in [6.07, 6.45) is 8.80. The summed E-state index contributed by atoms with van der Waals surface area (Å²) >= 11 is 0. The van der Waals surface area contributed by atoms with E-state index < -0.39 is 0 Å². The summed E-state index contributed by atoms with van der Waals surface area (Å²) in [4.78, 5) is 12.0. The van der Waals surface area contributed by atoms with Crippen LogP contribution in [0.4, 0.5) is 0 Å². The van der Waals surface area contributed by atoms with Crippen molar-refractivity contribution in [3.05, 3.63) is 48.3 Å². The average Bonchev–Trinajstić information content (AvgIpc) is 3.11. The van der Waals surface area contributed by atoms with Crippen LogP contribution in [0.2, 0.25) is 0 Å². The van der Waals surface area contributed by atoms with E-state index >= 15 is 0 Å². The lowest BCUT2D eigenvalue weighted by Gasteiger charge is -2.10. The highest BCUT2D eigenvalue weighted by Crippen LogP contribution is 2.17. The number of carbonyl (C=O) groups is 1. The van der Waals surface area contributed by atoms with Crippen molar-refractivity contribution in [2.45, 2.75) is 38.1 Å². The maximum absolute atomic E-state index is 12.0. The molecule has 0 saturated heterocycles. The molecular formula is C16H19N3O. The van der Waals surface area contributed by atoms with E-state index in [2.05, 4.69) is 10.4 Å². The van der Waals surface area contributed by atoms with E-state index in [1.54, 1.807) is 10.9 Å². The Kier molecular flexibility index (Phi) is 3.81. The predicted molar refractivity (Wildman–Crippen MR) is 77.7 cm³/mol. The highest BCUT2D eigenvalue weighted by molar-refractivity contribution is 5.78. The van der Waals surface area contributed by atoms with Crippen LogP contribution >= 0.6 is 0 Å². The summed E-state index contributed by atoms with van der Waals surface area (Å²) in [5.74, 6) is 0.101. The lowest BCUT2D eigenvalue weighted by molar-refractivity contribution is -0.121. The molecule has 1 aliphatic rings. The molecule has 1 saturated carbocycles. The molecule has 3 rings (SSSR count). The standard InChI is InChI=1S/C16H19N3O/c20-16(18-14-6-4-5-7-14)10-13-11-17-19(12-13)15-8-2-1-3-9-15/h1-3,8-9,11-12,14H,4-7,10H2,(H,18,20). The van der Waals surface area contributed by atoms with Gasteiger partial charge >= 0.3 is 0 Å². The summed E-state index contributed by atoms with van der Waals surface area (Å²) < 4.78 is 1.80. The molecule has 1 aromatic heterocycles. The number of rotatable bonds is 4. The van der Waals surface area contributed by atoms with Gasteiger partial charge in [0.15, 0.2) is 0 Å². The van der Waals surface area contributed by atoms with Gasteiger partial charge in [0.05, 0.1) is 18.3 Å². The van der Waals surface area contributed by atoms with Gasteiger partial charge in [-0.3, -0.25) is 4.79 Å². The Labute approximate surface area is 118 Å². The molecule has 1 N–H and O–H groups in total. The largest absolute Gasteiger partial charge is 0.353 e. The highest BCUT2D eigenvalue weighted by atomic mass is 16.1. The number of hydrogen-bond acceptors (Lipinski definition) is 2. The first-order chi connectivity index (χ1) is 9.81. The normalized spacial score (nSPS) is 15.4. The molecule has 0 spiro atoms. The van der Waals surface area contributed by atoms with Gasteiger partial charge in [0, 0.05) is 12.2 Å². The van der Waals surface area contributed by atoms with E-state index in [9.17, 15) is 4.79 Å². The Morgan fingerprint density at radius 2 is 2.00 bits per heavy atom. The van der Waals surface area contributed by atoms with Crippen LogP contribution in [0.25, 0.3) is 5.69 Å². The van der Waals surface area contributed by atoms with Crippen LogP contribution in [0.15, 0.2) is 42.7 Å². The first kappa shape index (κ1) is 12.9. The fraction of sp³-hybridized carbons (Fsp3) is 0.375. The van der Waals surface area contributed by atoms with Crippen molar-refractivity contribution in [2.75, 3.05) is 0 Å². The van der Waals surface area contributed by atoms with E-state index in [1.165, 1.54) is 12.8 Å². The third-order valence-electron chi connectivity index (χ3n) is 3.74. The molecule has 4 heteroatoms. The SMILES string of the molecule is O=C(Cc1cnn(-c2ccccc2)c1)NC1CCCC1. The Morgan fingerprint density at radius 3 is 2.75 bits per heavy atom. The Balaban J connectivity index is 1.61. The zero-order valence-electron chi connectivity index (χ0n) is 11.5. The van der Waals surface area contributed by atoms with Gasteiger partial charge < -0.3 is 5.32 Å². The average molecular weight is 269 g/mol. The predicted octanol–water partition coefficient (Wildman–Crippen LogP) is 2.47. The van der Waals surface area contributed by atoms with Crippen LogP contribution in [0.3, 0.4) is 0 Å². The smallest absolute Gasteiger partial charge is 0.224 e. The van der Waals surface area contributed by atoms with Gasteiger partial charge in [-0.15, -0.1) is 0 Å². The molecule has 0 bridgehead atoms. The Hall–Kier alpha value is -2.10. The van der Waals surface area contributed by atoms with E-state index in [1.807, 2.05) is 36.5 Å². The van der Waals surface area contributed by atoms with E-state index in [0.717, 1.165) is 24.1 Å². The summed E-state index contributed by atoms with van der Waals surface area (Å²) in [7, 11) is 0. The number of benzene rings is 1. The Bertz CT molecular complexity index is 570. The molecule has 0 unspecified atom stereocenters. The maximum atomic E-state index is 12.0. The second-order valence-electron chi connectivity index (χ2n) is 5.35. The van der Waals surface area contributed by atoms with Gasteiger partial charge in [0.25, 0.3) is 0 Å². The number of aromatic nitrogens is 2. The van der Waals surface area contributed by atoms with Crippen molar-refractivity contribution in [3.63, 3.8) is 0 Å². The maximum Gasteiger partial charge on any atom is 0.224 e. The topological polar surface area (TPSA) is 46.9 Å². The molecule has 0 radical (unpaired) electrons. The summed E-state index contributed by atoms with van der Waals surface area (Å²) in [6, 6.07) is 10.3. The minimum absolute atomic E-state index is 0.101. The van der Waals surface area contributed by atoms with Crippen molar-refractivity contribution in [1.29, 1.82) is 0 Å². The first-order valence-electron chi connectivity index (χ1n) is 7.19. The molecule has 4 nitrogen and oxygen atoms in total. The number of nitrogens with one attached hydrogen (secondary N) is 1. The third-order valence-corrected chi connectivity index (χ3v) is 3.74. The van der Waals surface area contributed by atoms with Crippen LogP contribution in [0, 0.1) is 0 Å². The number of amides is 1. The van der Waals surface area contributed by atoms with Crippen LogP contribution in [-0.2, 0) is 11.2 Å². The zero-order valence-corrected chi connectivity index (χ0v) is 11.5. The molecule has 1 amide bonds. The van der Waals surface area contributed by atoms with Crippen molar-refractivity contribution < 1.29 is 4.79 Å². The monoisotopic (exact) mass is 269 g/mol. The van der Waals surface area contributed by atoms with Crippen molar-refractivity contribution in [2.24, 2.45) is 0 Å². The number of hydrogen-bond donors (Lipinski definition) is 1. The van der Waals surface area contributed by atoms with Crippen LogP contribution < -0.4 is 5.32 Å². The molecule has 0 aliphatic heterocycles. The van der Waals surface area contributed by atoms with Gasteiger partial charge in [-0.1, -0.05) is 31.0 Å². The zero-order chi connectivity index (χ0) is 13.8. The molecule has 1 fully saturated rings. The van der Waals surface area contributed by atoms with E-state index in [0.29, 0.717) is 12.5 Å². The van der Waals surface area contributed by atoms with Crippen LogP contribution in [-0.4, -0.2) is 21.7 Å². The first-order valence-corrected chi connectivity index (χ1v) is 7.19. The lowest BCUT2D eigenvalue weighted by atomic mass is 10.2. The number of nitrogens with zero attached hydrogens (tertiary/aromatic N) is 2. The van der Waals surface area contributed by atoms with Gasteiger partial charge in [0.1, 0.15) is 0 Å². The fourth-order valence-corrected chi connectivity index (χ4v) is 2.71. The van der Waals surface area contributed by atoms with Crippen molar-refractivity contribution in [3.8, 4) is 5.69 Å². The van der Waals surface area contributed by atoms with E-state index in [4.69, 9.17) is 0 Å². The Morgan fingerprint density at radius 1 is 1.25 bits per heavy atom. The minimum Gasteiger partial charge on any atom is -0.353 e. The van der Waals surface area contributed by atoms with Crippen LogP contribution in [0.1, 0.15) is 31.2 Å². The molecular weight excluding hydrogens is 250 g/mol. The molecule has 20 heavy (non-hydrogen) atoms. The summed E-state index contributed by atoms with van der Waals surface area (Å²) in [6.45, 7) is 0. The molecule has 104 valence electrons. The second-order valence-corrected chi connectivity index (χ2v) is 5.35. The fourth-order valence-electron chi connectivity index (χ4n) is 2.71. The van der Waals surface area contributed by atoms with Crippen molar-refractivity contribution in [1.82, 2.24) is 15.1 Å². The third kappa shape index (κ3) is 3.07. The van der Waals surface area contributed by atoms with E-state index in [-0.39, 0.29) is 5.91 Å². The molecule has 1 aromatic carbocycles. The lowest BCUT2D eigenvalue weighted by Crippen LogP contribution is -2.33. The summed E-state index contributed by atoms with van der Waals surface area (Å²) in [5, 5.41) is 7.41. The number of para-hydroxylation sites is 1. The second kappa shape index (κ2) is 5.90. The summed E-state index contributed by atoms with van der Waals surface area (Å²) in [5.41, 5.74) is 1.96. The van der Waals surface area contributed by atoms with Crippen molar-refractivity contribution >= 4 is 5.91 Å². The molecule has 1 aliphatic carbocycles.